The first-order chi connectivity index (χ1) is 7.56. The summed E-state index contributed by atoms with van der Waals surface area (Å²) in [5.74, 6) is -1.82. The van der Waals surface area contributed by atoms with Crippen LogP contribution in [0.15, 0.2) is 0 Å². The maximum absolute atomic E-state index is 11.6. The molecule has 90 valence electrons. The quantitative estimate of drug-likeness (QED) is 0.523. The molecule has 1 aliphatic heterocycles. The lowest BCUT2D eigenvalue weighted by molar-refractivity contribution is -0.148. The first-order valence-corrected chi connectivity index (χ1v) is 5.05. The van der Waals surface area contributed by atoms with Crippen LogP contribution in [0.5, 0.6) is 0 Å². The molecule has 1 heterocycles. The molecule has 1 rings (SSSR count). The molecular formula is C9H15N3O4. The molecule has 0 aromatic rings. The Kier molecular flexibility index (Phi) is 4.24. The van der Waals surface area contributed by atoms with Crippen molar-refractivity contribution in [1.82, 2.24) is 10.2 Å². The van der Waals surface area contributed by atoms with E-state index in [0.717, 1.165) is 0 Å². The number of rotatable bonds is 4. The minimum absolute atomic E-state index is 0.185. The molecule has 1 saturated heterocycles. The van der Waals surface area contributed by atoms with Crippen molar-refractivity contribution in [2.45, 2.75) is 18.9 Å². The number of nitrogens with zero attached hydrogens (tertiary/aromatic N) is 1. The normalized spacial score (nSPS) is 19.6. The molecule has 1 atom stereocenters. The van der Waals surface area contributed by atoms with Gasteiger partial charge in [0.25, 0.3) is 0 Å². The number of carbonyl (C=O) groups excluding carboxylic acids is 2. The molecule has 0 bridgehead atoms. The summed E-state index contributed by atoms with van der Waals surface area (Å²) in [6.45, 7) is 0.0454. The number of carboxylic acids is 1. The summed E-state index contributed by atoms with van der Waals surface area (Å²) >= 11 is 0. The Morgan fingerprint density at radius 3 is 2.69 bits per heavy atom. The van der Waals surface area contributed by atoms with Crippen LogP contribution in [0, 0.1) is 0 Å². The van der Waals surface area contributed by atoms with Crippen LogP contribution >= 0.6 is 0 Å². The van der Waals surface area contributed by atoms with Crippen molar-refractivity contribution in [2.75, 3.05) is 19.6 Å². The second kappa shape index (κ2) is 5.45. The average Bonchev–Trinajstić information content (AvgIpc) is 2.74. The summed E-state index contributed by atoms with van der Waals surface area (Å²) in [7, 11) is 0. The van der Waals surface area contributed by atoms with Gasteiger partial charge in [0.2, 0.25) is 11.8 Å². The number of aliphatic carboxylic acids is 1. The molecular weight excluding hydrogens is 214 g/mol. The van der Waals surface area contributed by atoms with Gasteiger partial charge < -0.3 is 21.1 Å². The number of nitrogens with one attached hydrogen (secondary N) is 1. The molecule has 0 aliphatic carbocycles. The molecule has 0 radical (unpaired) electrons. The largest absolute Gasteiger partial charge is 0.480 e. The zero-order valence-corrected chi connectivity index (χ0v) is 8.81. The van der Waals surface area contributed by atoms with Crippen LogP contribution in [-0.2, 0) is 14.4 Å². The van der Waals surface area contributed by atoms with E-state index in [1.165, 1.54) is 4.90 Å². The van der Waals surface area contributed by atoms with Gasteiger partial charge in [-0.15, -0.1) is 0 Å². The highest BCUT2D eigenvalue weighted by atomic mass is 16.4. The second-order valence-corrected chi connectivity index (χ2v) is 3.56. The van der Waals surface area contributed by atoms with Gasteiger partial charge in [-0.1, -0.05) is 0 Å². The van der Waals surface area contributed by atoms with E-state index in [9.17, 15) is 14.4 Å². The Labute approximate surface area is 92.6 Å². The van der Waals surface area contributed by atoms with Gasteiger partial charge in [0.05, 0.1) is 13.1 Å². The summed E-state index contributed by atoms with van der Waals surface area (Å²) in [5.41, 5.74) is 5.06. The topological polar surface area (TPSA) is 113 Å². The Morgan fingerprint density at radius 2 is 2.12 bits per heavy atom. The minimum Gasteiger partial charge on any atom is -0.480 e. The van der Waals surface area contributed by atoms with E-state index in [1.54, 1.807) is 0 Å². The van der Waals surface area contributed by atoms with Crippen molar-refractivity contribution < 1.29 is 19.5 Å². The van der Waals surface area contributed by atoms with E-state index in [4.69, 9.17) is 10.8 Å². The first kappa shape index (κ1) is 12.4. The summed E-state index contributed by atoms with van der Waals surface area (Å²) in [6, 6.07) is -0.762. The third kappa shape index (κ3) is 2.93. The molecule has 16 heavy (non-hydrogen) atoms. The zero-order valence-electron chi connectivity index (χ0n) is 8.81. The van der Waals surface area contributed by atoms with Crippen LogP contribution in [0.25, 0.3) is 0 Å². The standard InChI is InChI=1S/C9H15N3O4/c10-4-7(13)11-5-8(14)12-3-1-2-6(12)9(15)16/h6H,1-5,10H2,(H,11,13)(H,15,16)/t6-/m1/s1. The van der Waals surface area contributed by atoms with Crippen LogP contribution in [0.2, 0.25) is 0 Å². The summed E-state index contributed by atoms with van der Waals surface area (Å²) < 4.78 is 0. The van der Waals surface area contributed by atoms with E-state index in [-0.39, 0.29) is 19.0 Å². The number of hydrogen-bond donors (Lipinski definition) is 3. The minimum atomic E-state index is -1.00. The van der Waals surface area contributed by atoms with Crippen molar-refractivity contribution in [3.05, 3.63) is 0 Å². The van der Waals surface area contributed by atoms with Crippen LogP contribution in [0.4, 0.5) is 0 Å². The maximum atomic E-state index is 11.6. The fourth-order valence-electron chi connectivity index (χ4n) is 1.67. The SMILES string of the molecule is NCC(=O)NCC(=O)N1CCC[C@@H]1C(=O)O. The number of nitrogens with two attached hydrogens (primary N) is 1. The van der Waals surface area contributed by atoms with E-state index in [1.807, 2.05) is 0 Å². The van der Waals surface area contributed by atoms with Gasteiger partial charge >= 0.3 is 5.97 Å². The highest BCUT2D eigenvalue weighted by Gasteiger charge is 2.33. The molecule has 0 aromatic carbocycles. The lowest BCUT2D eigenvalue weighted by Crippen LogP contribution is -2.46. The van der Waals surface area contributed by atoms with Crippen LogP contribution in [-0.4, -0.2) is 53.5 Å². The molecule has 0 spiro atoms. The average molecular weight is 229 g/mol. The third-order valence-corrected chi connectivity index (χ3v) is 2.48. The predicted molar refractivity (Wildman–Crippen MR) is 54.4 cm³/mol. The molecule has 0 unspecified atom stereocenters. The van der Waals surface area contributed by atoms with Crippen LogP contribution in [0.1, 0.15) is 12.8 Å². The number of hydrogen-bond acceptors (Lipinski definition) is 4. The van der Waals surface area contributed by atoms with Crippen LogP contribution < -0.4 is 11.1 Å². The summed E-state index contributed by atoms with van der Waals surface area (Å²) in [6.07, 6.45) is 1.14. The number of carbonyl (C=O) groups is 3. The van der Waals surface area contributed by atoms with Crippen LogP contribution in [0.3, 0.4) is 0 Å². The Morgan fingerprint density at radius 1 is 1.44 bits per heavy atom. The number of carboxylic acid groups (broad SMARTS) is 1. The van der Waals surface area contributed by atoms with E-state index in [0.29, 0.717) is 19.4 Å². The van der Waals surface area contributed by atoms with Gasteiger partial charge in [-0.05, 0) is 12.8 Å². The fraction of sp³-hybridized carbons (Fsp3) is 0.667. The zero-order chi connectivity index (χ0) is 12.1. The van der Waals surface area contributed by atoms with E-state index < -0.39 is 17.9 Å². The number of likely N-dealkylation sites (tertiary alicyclic amines) is 1. The van der Waals surface area contributed by atoms with Gasteiger partial charge in [-0.25, -0.2) is 4.79 Å². The Bertz CT molecular complexity index is 305. The fourth-order valence-corrected chi connectivity index (χ4v) is 1.67. The number of amides is 2. The lowest BCUT2D eigenvalue weighted by Gasteiger charge is -2.21. The second-order valence-electron chi connectivity index (χ2n) is 3.56. The van der Waals surface area contributed by atoms with Crippen molar-refractivity contribution in [2.24, 2.45) is 5.73 Å². The Hall–Kier alpha value is -1.63. The highest BCUT2D eigenvalue weighted by Crippen LogP contribution is 2.16. The van der Waals surface area contributed by atoms with Gasteiger partial charge in [0.15, 0.2) is 0 Å². The summed E-state index contributed by atoms with van der Waals surface area (Å²) in [5, 5.41) is 11.2. The smallest absolute Gasteiger partial charge is 0.326 e. The molecule has 7 nitrogen and oxygen atoms in total. The van der Waals surface area contributed by atoms with Crippen molar-refractivity contribution >= 4 is 17.8 Å². The highest BCUT2D eigenvalue weighted by molar-refractivity contribution is 5.88. The summed E-state index contributed by atoms with van der Waals surface area (Å²) in [4.78, 5) is 34.5. The van der Waals surface area contributed by atoms with Gasteiger partial charge in [0, 0.05) is 6.54 Å². The molecule has 4 N–H and O–H groups in total. The van der Waals surface area contributed by atoms with Gasteiger partial charge in [-0.3, -0.25) is 9.59 Å². The lowest BCUT2D eigenvalue weighted by atomic mass is 10.2. The molecule has 7 heteroatoms. The maximum Gasteiger partial charge on any atom is 0.326 e. The molecule has 0 aromatic heterocycles. The third-order valence-electron chi connectivity index (χ3n) is 2.48. The van der Waals surface area contributed by atoms with Gasteiger partial charge in [-0.2, -0.15) is 0 Å². The monoisotopic (exact) mass is 229 g/mol. The van der Waals surface area contributed by atoms with Crippen molar-refractivity contribution in [1.29, 1.82) is 0 Å². The van der Waals surface area contributed by atoms with E-state index >= 15 is 0 Å². The Balaban J connectivity index is 2.47. The van der Waals surface area contributed by atoms with E-state index in [2.05, 4.69) is 5.32 Å². The van der Waals surface area contributed by atoms with Gasteiger partial charge in [0.1, 0.15) is 6.04 Å². The molecule has 1 fully saturated rings. The first-order valence-electron chi connectivity index (χ1n) is 5.05. The predicted octanol–water partition coefficient (Wildman–Crippen LogP) is -1.86. The van der Waals surface area contributed by atoms with Crippen molar-refractivity contribution in [3.63, 3.8) is 0 Å². The molecule has 0 saturated carbocycles. The molecule has 2 amide bonds. The molecule has 1 aliphatic rings. The van der Waals surface area contributed by atoms with Crippen molar-refractivity contribution in [3.8, 4) is 0 Å².